The number of nitrogens with zero attached hydrogens (tertiary/aromatic N) is 2. The monoisotopic (exact) mass is 581 g/mol. The number of sulfonamides is 1. The predicted octanol–water partition coefficient (Wildman–Crippen LogP) is 7.10. The summed E-state index contributed by atoms with van der Waals surface area (Å²) in [6, 6.07) is 40.6. The van der Waals surface area contributed by atoms with Crippen LogP contribution >= 0.6 is 0 Å². The SMILES string of the molecule is Cc1ccc(S(=O)(=O)NCCc2c3n(c4ccccc24)C(c2ccccc2)(c2ccccc2)C=C3c2cccnc2)cc1. The highest BCUT2D eigenvalue weighted by Gasteiger charge is 2.44. The Bertz CT molecular complexity index is 2010. The van der Waals surface area contributed by atoms with Crippen LogP contribution in [0.2, 0.25) is 0 Å². The van der Waals surface area contributed by atoms with Gasteiger partial charge in [0.1, 0.15) is 5.54 Å². The third-order valence-electron chi connectivity index (χ3n) is 8.34. The number of rotatable bonds is 8. The van der Waals surface area contributed by atoms with Gasteiger partial charge in [0, 0.05) is 35.5 Å². The second-order valence-corrected chi connectivity index (χ2v) is 12.7. The van der Waals surface area contributed by atoms with E-state index in [4.69, 9.17) is 0 Å². The third-order valence-corrected chi connectivity index (χ3v) is 9.82. The Morgan fingerprint density at radius 1 is 0.767 bits per heavy atom. The van der Waals surface area contributed by atoms with Crippen molar-refractivity contribution in [3.63, 3.8) is 0 Å². The average molecular weight is 582 g/mol. The van der Waals surface area contributed by atoms with Gasteiger partial charge in [-0.15, -0.1) is 0 Å². The highest BCUT2D eigenvalue weighted by Crippen LogP contribution is 2.51. The first-order chi connectivity index (χ1) is 21.0. The van der Waals surface area contributed by atoms with Crippen molar-refractivity contribution in [2.75, 3.05) is 6.54 Å². The molecule has 0 fully saturated rings. The van der Waals surface area contributed by atoms with Gasteiger partial charge in [0.15, 0.2) is 0 Å². The average Bonchev–Trinajstić information content (AvgIpc) is 3.57. The first-order valence-corrected chi connectivity index (χ1v) is 15.9. The lowest BCUT2D eigenvalue weighted by atomic mass is 9.82. The lowest BCUT2D eigenvalue weighted by Gasteiger charge is -2.33. The second-order valence-electron chi connectivity index (χ2n) is 10.9. The molecule has 0 saturated carbocycles. The molecule has 4 aromatic carbocycles. The molecule has 5 nitrogen and oxygen atoms in total. The van der Waals surface area contributed by atoms with Gasteiger partial charge in [-0.05, 0) is 60.4 Å². The molecule has 2 aromatic heterocycles. The number of aryl methyl sites for hydroxylation is 1. The number of hydrogen-bond donors (Lipinski definition) is 1. The molecule has 212 valence electrons. The van der Waals surface area contributed by atoms with E-state index in [1.807, 2.05) is 43.5 Å². The molecule has 3 heterocycles. The maximum atomic E-state index is 13.2. The normalized spacial score (nSPS) is 14.0. The number of fused-ring (bicyclic) bond motifs is 3. The summed E-state index contributed by atoms with van der Waals surface area (Å²) >= 11 is 0. The standard InChI is InChI=1S/C37H31N3O2S/c1-27-18-20-31(21-19-27)43(41,42)39-24-22-33-32-16-8-9-17-35(32)40-36(33)34(28-11-10-23-38-26-28)25-37(40,29-12-4-2-5-13-29)30-14-6-3-7-15-30/h2-21,23,25-26,39H,22,24H2,1H3. The Morgan fingerprint density at radius 2 is 1.42 bits per heavy atom. The van der Waals surface area contributed by atoms with E-state index in [2.05, 4.69) is 99.2 Å². The van der Waals surface area contributed by atoms with Crippen molar-refractivity contribution in [3.05, 3.63) is 173 Å². The Labute approximate surface area is 252 Å². The van der Waals surface area contributed by atoms with Crippen LogP contribution in [-0.2, 0) is 22.0 Å². The van der Waals surface area contributed by atoms with Crippen molar-refractivity contribution >= 4 is 26.5 Å². The van der Waals surface area contributed by atoms with Crippen molar-refractivity contribution < 1.29 is 8.42 Å². The van der Waals surface area contributed by atoms with Crippen molar-refractivity contribution in [3.8, 4) is 0 Å². The maximum absolute atomic E-state index is 13.2. The number of para-hydroxylation sites is 1. The van der Waals surface area contributed by atoms with Gasteiger partial charge in [0.25, 0.3) is 0 Å². The van der Waals surface area contributed by atoms with Crippen LogP contribution in [0.1, 0.15) is 33.5 Å². The summed E-state index contributed by atoms with van der Waals surface area (Å²) in [5.41, 5.74) is 8.06. The minimum atomic E-state index is -3.65. The van der Waals surface area contributed by atoms with Crippen molar-refractivity contribution in [2.24, 2.45) is 0 Å². The molecule has 0 saturated heterocycles. The topological polar surface area (TPSA) is 64.0 Å². The smallest absolute Gasteiger partial charge is 0.240 e. The minimum absolute atomic E-state index is 0.265. The van der Waals surface area contributed by atoms with Crippen LogP contribution in [0.4, 0.5) is 0 Å². The fraction of sp³-hybridized carbons (Fsp3) is 0.108. The number of benzene rings is 4. The molecule has 0 radical (unpaired) electrons. The van der Waals surface area contributed by atoms with Gasteiger partial charge < -0.3 is 4.57 Å². The van der Waals surface area contributed by atoms with E-state index in [9.17, 15) is 8.42 Å². The van der Waals surface area contributed by atoms with Gasteiger partial charge in [0.05, 0.1) is 16.1 Å². The summed E-state index contributed by atoms with van der Waals surface area (Å²) in [7, 11) is -3.65. The van der Waals surface area contributed by atoms with Crippen LogP contribution in [0.5, 0.6) is 0 Å². The molecule has 0 amide bonds. The lowest BCUT2D eigenvalue weighted by molar-refractivity contribution is 0.566. The van der Waals surface area contributed by atoms with Crippen LogP contribution in [0.3, 0.4) is 0 Å². The van der Waals surface area contributed by atoms with Gasteiger partial charge in [-0.25, -0.2) is 13.1 Å². The molecule has 0 spiro atoms. The summed E-state index contributed by atoms with van der Waals surface area (Å²) < 4.78 is 31.7. The number of hydrogen-bond acceptors (Lipinski definition) is 3. The lowest BCUT2D eigenvalue weighted by Crippen LogP contribution is -2.32. The van der Waals surface area contributed by atoms with E-state index < -0.39 is 15.6 Å². The molecule has 0 aliphatic carbocycles. The van der Waals surface area contributed by atoms with E-state index in [-0.39, 0.29) is 11.4 Å². The molecule has 1 aliphatic rings. The van der Waals surface area contributed by atoms with E-state index in [1.54, 1.807) is 18.3 Å². The molecule has 6 heteroatoms. The maximum Gasteiger partial charge on any atom is 0.240 e. The second kappa shape index (κ2) is 10.8. The minimum Gasteiger partial charge on any atom is -0.322 e. The zero-order valence-corrected chi connectivity index (χ0v) is 24.6. The number of nitrogens with one attached hydrogen (secondary N) is 1. The molecule has 7 rings (SSSR count). The fourth-order valence-corrected chi connectivity index (χ4v) is 7.41. The van der Waals surface area contributed by atoms with Crippen molar-refractivity contribution in [1.29, 1.82) is 0 Å². The third kappa shape index (κ3) is 4.60. The first kappa shape index (κ1) is 27.1. The van der Waals surface area contributed by atoms with Crippen molar-refractivity contribution in [1.82, 2.24) is 14.3 Å². The van der Waals surface area contributed by atoms with Crippen LogP contribution in [-0.4, -0.2) is 24.5 Å². The van der Waals surface area contributed by atoms with Crippen molar-refractivity contribution in [2.45, 2.75) is 23.8 Å². The van der Waals surface area contributed by atoms with Gasteiger partial charge in [-0.3, -0.25) is 4.98 Å². The highest BCUT2D eigenvalue weighted by atomic mass is 32.2. The first-order valence-electron chi connectivity index (χ1n) is 14.4. The molecule has 0 bridgehead atoms. The Kier molecular flexibility index (Phi) is 6.80. The Morgan fingerprint density at radius 3 is 2.07 bits per heavy atom. The van der Waals surface area contributed by atoms with Gasteiger partial charge >= 0.3 is 0 Å². The summed E-state index contributed by atoms with van der Waals surface area (Å²) in [6.45, 7) is 2.21. The Hall–Kier alpha value is -4.78. The molecule has 0 atom stereocenters. The number of allylic oxidation sites excluding steroid dienone is 1. The molecule has 1 N–H and O–H groups in total. The quantitative estimate of drug-likeness (QED) is 0.209. The Balaban J connectivity index is 1.43. The molecule has 1 aliphatic heterocycles. The molecular formula is C37H31N3O2S. The molecule has 43 heavy (non-hydrogen) atoms. The van der Waals surface area contributed by atoms with Crippen LogP contribution in [0, 0.1) is 6.92 Å². The molecular weight excluding hydrogens is 550 g/mol. The number of aromatic nitrogens is 2. The largest absolute Gasteiger partial charge is 0.322 e. The highest BCUT2D eigenvalue weighted by molar-refractivity contribution is 7.89. The van der Waals surface area contributed by atoms with E-state index in [0.29, 0.717) is 6.42 Å². The zero-order chi connectivity index (χ0) is 29.4. The summed E-state index contributed by atoms with van der Waals surface area (Å²) in [4.78, 5) is 4.74. The van der Waals surface area contributed by atoms with Gasteiger partial charge in [-0.2, -0.15) is 0 Å². The molecule has 0 unspecified atom stereocenters. The van der Waals surface area contributed by atoms with Crippen LogP contribution < -0.4 is 4.72 Å². The van der Waals surface area contributed by atoms with E-state index in [0.717, 1.165) is 50.0 Å². The zero-order valence-electron chi connectivity index (χ0n) is 23.8. The predicted molar refractivity (Wildman–Crippen MR) is 172 cm³/mol. The summed E-state index contributed by atoms with van der Waals surface area (Å²) in [6.07, 6.45) is 6.57. The summed E-state index contributed by atoms with van der Waals surface area (Å²) in [5, 5.41) is 1.11. The summed E-state index contributed by atoms with van der Waals surface area (Å²) in [5.74, 6) is 0. The van der Waals surface area contributed by atoms with Gasteiger partial charge in [-0.1, -0.05) is 103 Å². The fourth-order valence-electron chi connectivity index (χ4n) is 6.38. The molecule has 6 aromatic rings. The van der Waals surface area contributed by atoms with E-state index >= 15 is 0 Å². The van der Waals surface area contributed by atoms with Crippen LogP contribution in [0.25, 0.3) is 16.5 Å². The van der Waals surface area contributed by atoms with E-state index in [1.165, 1.54) is 0 Å². The number of pyridine rings is 1. The van der Waals surface area contributed by atoms with Crippen LogP contribution in [0.15, 0.2) is 145 Å². The van der Waals surface area contributed by atoms with Gasteiger partial charge in [0.2, 0.25) is 10.0 Å².